The molecule has 0 atom stereocenters. The molecule has 0 fully saturated rings. The first-order valence-electron chi connectivity index (χ1n) is 8.77. The summed E-state index contributed by atoms with van der Waals surface area (Å²) in [6.07, 6.45) is 1.16. The van der Waals surface area contributed by atoms with Crippen LogP contribution in [0, 0.1) is 0 Å². The summed E-state index contributed by atoms with van der Waals surface area (Å²) in [5, 5.41) is 1.20. The van der Waals surface area contributed by atoms with E-state index in [-0.39, 0.29) is 12.7 Å². The number of benzene rings is 2. The first-order chi connectivity index (χ1) is 12.6. The van der Waals surface area contributed by atoms with E-state index in [1.165, 1.54) is 10.9 Å². The molecule has 0 aliphatic carbocycles. The zero-order valence-electron chi connectivity index (χ0n) is 15.1. The first-order valence-corrected chi connectivity index (χ1v) is 8.77. The lowest BCUT2D eigenvalue weighted by Gasteiger charge is -2.18. The van der Waals surface area contributed by atoms with Gasteiger partial charge in [-0.2, -0.15) is 0 Å². The van der Waals surface area contributed by atoms with Crippen molar-refractivity contribution in [3.05, 3.63) is 59.8 Å². The summed E-state index contributed by atoms with van der Waals surface area (Å²) in [6.45, 7) is 0.872. The third-order valence-corrected chi connectivity index (χ3v) is 4.94. The number of amides is 1. The number of carbonyl (C=O) groups excluding carboxylic acids is 1. The Morgan fingerprint density at radius 3 is 2.77 bits per heavy atom. The van der Waals surface area contributed by atoms with Crippen LogP contribution in [0.2, 0.25) is 0 Å². The number of fused-ring (bicyclic) bond motifs is 2. The smallest absolute Gasteiger partial charge is 0.231 e. The van der Waals surface area contributed by atoms with Crippen LogP contribution in [0.1, 0.15) is 17.7 Å². The van der Waals surface area contributed by atoms with Gasteiger partial charge >= 0.3 is 0 Å². The average molecular weight is 350 g/mol. The van der Waals surface area contributed by atoms with Crippen LogP contribution in [0.3, 0.4) is 0 Å². The van der Waals surface area contributed by atoms with Crippen LogP contribution >= 0.6 is 0 Å². The van der Waals surface area contributed by atoms with Gasteiger partial charge in [0.05, 0.1) is 6.54 Å². The van der Waals surface area contributed by atoms with Crippen LogP contribution in [-0.2, 0) is 24.8 Å². The maximum atomic E-state index is 12.5. The van der Waals surface area contributed by atoms with Gasteiger partial charge in [-0.05, 0) is 41.6 Å². The van der Waals surface area contributed by atoms with E-state index in [1.807, 2.05) is 44.4 Å². The molecule has 0 radical (unpaired) electrons. The van der Waals surface area contributed by atoms with E-state index >= 15 is 0 Å². The van der Waals surface area contributed by atoms with Gasteiger partial charge in [-0.25, -0.2) is 0 Å². The number of carbonyl (C=O) groups is 1. The predicted molar refractivity (Wildman–Crippen MR) is 100 cm³/mol. The minimum Gasteiger partial charge on any atom is -0.454 e. The zero-order chi connectivity index (χ0) is 18.1. The second-order valence-electron chi connectivity index (χ2n) is 6.69. The van der Waals surface area contributed by atoms with Crippen molar-refractivity contribution < 1.29 is 14.3 Å². The molecule has 4 rings (SSSR count). The number of rotatable bonds is 5. The summed E-state index contributed by atoms with van der Waals surface area (Å²) in [4.78, 5) is 14.3. The van der Waals surface area contributed by atoms with Crippen molar-refractivity contribution in [3.8, 4) is 11.5 Å². The number of para-hydroxylation sites is 1. The Balaban J connectivity index is 1.39. The third kappa shape index (κ3) is 3.12. The van der Waals surface area contributed by atoms with Gasteiger partial charge in [0.2, 0.25) is 12.7 Å². The highest BCUT2D eigenvalue weighted by molar-refractivity contribution is 5.81. The molecular weight excluding hydrogens is 328 g/mol. The summed E-state index contributed by atoms with van der Waals surface area (Å²) >= 11 is 0. The van der Waals surface area contributed by atoms with E-state index in [2.05, 4.69) is 22.8 Å². The number of hydrogen-bond acceptors (Lipinski definition) is 3. The highest BCUT2D eigenvalue weighted by Crippen LogP contribution is 2.32. The molecule has 0 saturated heterocycles. The molecule has 1 amide bonds. The van der Waals surface area contributed by atoms with Gasteiger partial charge in [-0.1, -0.05) is 24.3 Å². The Morgan fingerprint density at radius 1 is 1.12 bits per heavy atom. The lowest BCUT2D eigenvalue weighted by molar-refractivity contribution is -0.130. The first kappa shape index (κ1) is 16.5. The maximum absolute atomic E-state index is 12.5. The number of ether oxygens (including phenoxy) is 2. The van der Waals surface area contributed by atoms with E-state index in [0.717, 1.165) is 22.8 Å². The summed E-state index contributed by atoms with van der Waals surface area (Å²) in [5.74, 6) is 1.67. The molecule has 1 aliphatic rings. The van der Waals surface area contributed by atoms with Gasteiger partial charge in [-0.15, -0.1) is 0 Å². The number of nitrogens with zero attached hydrogens (tertiary/aromatic N) is 2. The second kappa shape index (κ2) is 6.75. The molecule has 26 heavy (non-hydrogen) atoms. The van der Waals surface area contributed by atoms with Crippen molar-refractivity contribution in [3.63, 3.8) is 0 Å². The van der Waals surface area contributed by atoms with Crippen LogP contribution in [0.15, 0.2) is 48.5 Å². The molecule has 5 heteroatoms. The Kier molecular flexibility index (Phi) is 4.29. The standard InChI is InChI=1S/C21H22N2O3/c1-22(13-17-12-16-5-3-4-6-18(16)23(17)2)21(24)10-8-15-7-9-19-20(11-15)26-14-25-19/h3-7,9,11-12H,8,10,13-14H2,1-2H3. The predicted octanol–water partition coefficient (Wildman–Crippen LogP) is 3.50. The van der Waals surface area contributed by atoms with Crippen LogP contribution in [0.25, 0.3) is 10.9 Å². The van der Waals surface area contributed by atoms with Crippen molar-refractivity contribution >= 4 is 16.8 Å². The van der Waals surface area contributed by atoms with Gasteiger partial charge < -0.3 is 18.9 Å². The summed E-state index contributed by atoms with van der Waals surface area (Å²) in [6, 6.07) is 16.3. The van der Waals surface area contributed by atoms with Crippen molar-refractivity contribution in [1.82, 2.24) is 9.47 Å². The molecule has 134 valence electrons. The second-order valence-corrected chi connectivity index (χ2v) is 6.69. The van der Waals surface area contributed by atoms with E-state index in [4.69, 9.17) is 9.47 Å². The molecule has 5 nitrogen and oxygen atoms in total. The Bertz CT molecular complexity index is 961. The summed E-state index contributed by atoms with van der Waals surface area (Å²) in [7, 11) is 3.91. The van der Waals surface area contributed by atoms with Crippen molar-refractivity contribution in [2.45, 2.75) is 19.4 Å². The monoisotopic (exact) mass is 350 g/mol. The number of aryl methyl sites for hydroxylation is 2. The van der Waals surface area contributed by atoms with Gasteiger partial charge in [0, 0.05) is 31.7 Å². The summed E-state index contributed by atoms with van der Waals surface area (Å²) in [5.41, 5.74) is 3.40. The van der Waals surface area contributed by atoms with Crippen LogP contribution < -0.4 is 9.47 Å². The van der Waals surface area contributed by atoms with E-state index in [9.17, 15) is 4.79 Å². The maximum Gasteiger partial charge on any atom is 0.231 e. The minimum atomic E-state index is 0.132. The molecule has 1 aromatic heterocycles. The van der Waals surface area contributed by atoms with E-state index in [1.54, 1.807) is 4.90 Å². The minimum absolute atomic E-state index is 0.132. The van der Waals surface area contributed by atoms with Crippen molar-refractivity contribution in [2.75, 3.05) is 13.8 Å². The Labute approximate surface area is 152 Å². The van der Waals surface area contributed by atoms with Crippen LogP contribution in [-0.4, -0.2) is 29.2 Å². The third-order valence-electron chi connectivity index (χ3n) is 4.94. The fourth-order valence-electron chi connectivity index (χ4n) is 3.37. The van der Waals surface area contributed by atoms with Crippen LogP contribution in [0.4, 0.5) is 0 Å². The SMILES string of the molecule is CN(Cc1cc2ccccc2n1C)C(=O)CCc1ccc2c(c1)OCO2. The Morgan fingerprint density at radius 2 is 1.92 bits per heavy atom. The molecule has 0 unspecified atom stereocenters. The largest absolute Gasteiger partial charge is 0.454 e. The van der Waals surface area contributed by atoms with Crippen LogP contribution in [0.5, 0.6) is 11.5 Å². The molecule has 0 bridgehead atoms. The van der Waals surface area contributed by atoms with Crippen molar-refractivity contribution in [2.24, 2.45) is 7.05 Å². The highest BCUT2D eigenvalue weighted by atomic mass is 16.7. The van der Waals surface area contributed by atoms with Gasteiger partial charge in [0.25, 0.3) is 0 Å². The summed E-state index contributed by atoms with van der Waals surface area (Å²) < 4.78 is 12.9. The average Bonchev–Trinajstić information content (AvgIpc) is 3.24. The number of hydrogen-bond donors (Lipinski definition) is 0. The highest BCUT2D eigenvalue weighted by Gasteiger charge is 2.15. The molecule has 0 N–H and O–H groups in total. The molecule has 1 aliphatic heterocycles. The molecule has 2 heterocycles. The molecule has 0 spiro atoms. The van der Waals surface area contributed by atoms with E-state index in [0.29, 0.717) is 19.4 Å². The fourth-order valence-corrected chi connectivity index (χ4v) is 3.37. The lowest BCUT2D eigenvalue weighted by Crippen LogP contribution is -2.27. The molecular formula is C21H22N2O3. The molecule has 3 aromatic rings. The molecule has 0 saturated carbocycles. The van der Waals surface area contributed by atoms with Gasteiger partial charge in [0.15, 0.2) is 11.5 Å². The normalized spacial score (nSPS) is 12.5. The Hall–Kier alpha value is -2.95. The van der Waals surface area contributed by atoms with Crippen molar-refractivity contribution in [1.29, 1.82) is 0 Å². The van der Waals surface area contributed by atoms with Gasteiger partial charge in [-0.3, -0.25) is 4.79 Å². The van der Waals surface area contributed by atoms with Gasteiger partial charge in [0.1, 0.15) is 0 Å². The topological polar surface area (TPSA) is 43.7 Å². The number of aromatic nitrogens is 1. The quantitative estimate of drug-likeness (QED) is 0.707. The lowest BCUT2D eigenvalue weighted by atomic mass is 10.1. The fraction of sp³-hybridized carbons (Fsp3) is 0.286. The molecule has 2 aromatic carbocycles. The van der Waals surface area contributed by atoms with E-state index < -0.39 is 0 Å². The zero-order valence-corrected chi connectivity index (χ0v) is 15.1.